The Kier molecular flexibility index (Phi) is 7.40. The summed E-state index contributed by atoms with van der Waals surface area (Å²) in [7, 11) is 0. The molecule has 0 radical (unpaired) electrons. The molecule has 1 amide bonds. The van der Waals surface area contributed by atoms with Crippen molar-refractivity contribution >= 4 is 11.5 Å². The molecular weight excluding hydrogens is 438 g/mol. The van der Waals surface area contributed by atoms with Gasteiger partial charge in [0.2, 0.25) is 0 Å². The van der Waals surface area contributed by atoms with Crippen LogP contribution in [0.5, 0.6) is 0 Å². The molecule has 1 atom stereocenters. The zero-order valence-corrected chi connectivity index (χ0v) is 18.8. The first kappa shape index (κ1) is 23.7. The van der Waals surface area contributed by atoms with Crippen molar-refractivity contribution < 1.29 is 18.3 Å². The highest BCUT2D eigenvalue weighted by atomic mass is 19.3. The van der Waals surface area contributed by atoms with E-state index in [1.54, 1.807) is 18.3 Å². The number of carbonyl (C=O) groups is 1. The molecule has 8 heteroatoms. The number of alkyl halides is 2. The highest BCUT2D eigenvalue weighted by Crippen LogP contribution is 2.30. The molecule has 1 aliphatic rings. The maximum Gasteiger partial charge on any atom is 0.270 e. The Morgan fingerprint density at radius 2 is 1.91 bits per heavy atom. The van der Waals surface area contributed by atoms with Crippen molar-refractivity contribution in [2.45, 2.75) is 32.4 Å². The lowest BCUT2D eigenvalue weighted by molar-refractivity contribution is 0.0934. The van der Waals surface area contributed by atoms with Crippen LogP contribution in [0.1, 0.15) is 58.8 Å². The van der Waals surface area contributed by atoms with Crippen molar-refractivity contribution in [2.75, 3.05) is 13.2 Å². The van der Waals surface area contributed by atoms with Crippen molar-refractivity contribution in [3.05, 3.63) is 89.0 Å². The predicted molar refractivity (Wildman–Crippen MR) is 126 cm³/mol. The third-order valence-electron chi connectivity index (χ3n) is 5.81. The summed E-state index contributed by atoms with van der Waals surface area (Å²) in [5, 5.41) is 2.96. The second kappa shape index (κ2) is 10.6. The van der Waals surface area contributed by atoms with Gasteiger partial charge in [-0.15, -0.1) is 0 Å². The topological polar surface area (TPSA) is 90.1 Å². The molecule has 3 N–H and O–H groups in total. The molecule has 6 nitrogen and oxygen atoms in total. The van der Waals surface area contributed by atoms with Gasteiger partial charge in [0.15, 0.2) is 5.82 Å². The number of hydrogen-bond acceptors (Lipinski definition) is 5. The average molecular weight is 465 g/mol. The fourth-order valence-corrected chi connectivity index (χ4v) is 3.85. The van der Waals surface area contributed by atoms with Crippen molar-refractivity contribution in [3.63, 3.8) is 0 Å². The second-order valence-electron chi connectivity index (χ2n) is 8.06. The van der Waals surface area contributed by atoms with Gasteiger partial charge in [-0.3, -0.25) is 4.79 Å². The molecule has 34 heavy (non-hydrogen) atoms. The van der Waals surface area contributed by atoms with Gasteiger partial charge < -0.3 is 15.8 Å². The van der Waals surface area contributed by atoms with E-state index in [1.807, 2.05) is 37.3 Å². The summed E-state index contributed by atoms with van der Waals surface area (Å²) in [4.78, 5) is 21.5. The Bertz CT molecular complexity index is 1200. The first-order valence-electron chi connectivity index (χ1n) is 11.1. The van der Waals surface area contributed by atoms with E-state index in [9.17, 15) is 13.6 Å². The zero-order valence-electron chi connectivity index (χ0n) is 18.8. The van der Waals surface area contributed by atoms with Crippen LogP contribution in [0.4, 0.5) is 8.78 Å². The van der Waals surface area contributed by atoms with Gasteiger partial charge in [-0.1, -0.05) is 42.5 Å². The number of aromatic nitrogens is 2. The van der Waals surface area contributed by atoms with E-state index in [0.29, 0.717) is 31.0 Å². The van der Waals surface area contributed by atoms with Crippen LogP contribution in [-0.4, -0.2) is 29.1 Å². The molecule has 1 aromatic heterocycles. The van der Waals surface area contributed by atoms with E-state index >= 15 is 0 Å². The van der Waals surface area contributed by atoms with Gasteiger partial charge in [0.1, 0.15) is 5.69 Å². The Balaban J connectivity index is 1.49. The SMILES string of the molecule is C[C@@H](NC(=O)c1ccnc(C2=CCOCC2)n1)c1ccc(-c2cc(C(F)F)ccc2CN)cc1. The molecule has 2 aromatic carbocycles. The number of amides is 1. The van der Waals surface area contributed by atoms with E-state index < -0.39 is 6.43 Å². The third-order valence-corrected chi connectivity index (χ3v) is 5.81. The number of nitrogens with one attached hydrogen (secondary N) is 1. The lowest BCUT2D eigenvalue weighted by Gasteiger charge is -2.16. The summed E-state index contributed by atoms with van der Waals surface area (Å²) < 4.78 is 31.7. The average Bonchev–Trinajstić information content (AvgIpc) is 2.89. The molecular formula is C26H26F2N4O2. The monoisotopic (exact) mass is 464 g/mol. The van der Waals surface area contributed by atoms with Crippen LogP contribution in [0.25, 0.3) is 16.7 Å². The minimum atomic E-state index is -2.55. The molecule has 0 unspecified atom stereocenters. The summed E-state index contributed by atoms with van der Waals surface area (Å²) in [6.45, 7) is 3.25. The number of hydrogen-bond donors (Lipinski definition) is 2. The lowest BCUT2D eigenvalue weighted by atomic mass is 9.95. The van der Waals surface area contributed by atoms with Gasteiger partial charge in [-0.05, 0) is 53.3 Å². The summed E-state index contributed by atoms with van der Waals surface area (Å²) in [6.07, 6.45) is 1.66. The van der Waals surface area contributed by atoms with Crippen LogP contribution < -0.4 is 11.1 Å². The third kappa shape index (κ3) is 5.35. The van der Waals surface area contributed by atoms with Gasteiger partial charge in [0, 0.05) is 18.3 Å². The molecule has 1 aliphatic heterocycles. The molecule has 0 saturated carbocycles. The number of rotatable bonds is 7. The maximum absolute atomic E-state index is 13.2. The number of carbonyl (C=O) groups excluding carboxylic acids is 1. The molecule has 4 rings (SSSR count). The molecule has 0 bridgehead atoms. The van der Waals surface area contributed by atoms with E-state index in [2.05, 4.69) is 15.3 Å². The maximum atomic E-state index is 13.2. The fraction of sp³-hybridized carbons (Fsp3) is 0.269. The van der Waals surface area contributed by atoms with Crippen LogP contribution in [0, 0.1) is 0 Å². The summed E-state index contributed by atoms with van der Waals surface area (Å²) >= 11 is 0. The van der Waals surface area contributed by atoms with E-state index in [0.717, 1.165) is 22.3 Å². The Hall–Kier alpha value is -3.49. The van der Waals surface area contributed by atoms with Gasteiger partial charge in [-0.25, -0.2) is 18.7 Å². The standard InChI is InChI=1S/C26H26F2N4O2/c1-16(31-26(33)23-8-11-30-25(32-23)19-9-12-34-13-10-19)17-2-4-18(5-3-17)22-14-20(24(27)28)6-7-21(22)15-29/h2-9,11,14,16,24H,10,12-13,15,29H2,1H3,(H,31,33)/t16-/m1/s1. The lowest BCUT2D eigenvalue weighted by Crippen LogP contribution is -2.27. The fourth-order valence-electron chi connectivity index (χ4n) is 3.85. The van der Waals surface area contributed by atoms with Gasteiger partial charge in [-0.2, -0.15) is 0 Å². The summed E-state index contributed by atoms with van der Waals surface area (Å²) in [6, 6.07) is 13.3. The Morgan fingerprint density at radius 3 is 2.59 bits per heavy atom. The van der Waals surface area contributed by atoms with E-state index in [-0.39, 0.29) is 29.8 Å². The number of benzene rings is 2. The van der Waals surface area contributed by atoms with Crippen LogP contribution in [0.15, 0.2) is 60.8 Å². The van der Waals surface area contributed by atoms with Crippen LogP contribution >= 0.6 is 0 Å². The molecule has 0 fully saturated rings. The first-order valence-corrected chi connectivity index (χ1v) is 11.1. The van der Waals surface area contributed by atoms with Crippen LogP contribution in [0.3, 0.4) is 0 Å². The molecule has 2 heterocycles. The van der Waals surface area contributed by atoms with Crippen molar-refractivity contribution in [2.24, 2.45) is 5.73 Å². The Morgan fingerprint density at radius 1 is 1.15 bits per heavy atom. The molecule has 176 valence electrons. The zero-order chi connectivity index (χ0) is 24.1. The largest absolute Gasteiger partial charge is 0.377 e. The molecule has 0 spiro atoms. The second-order valence-corrected chi connectivity index (χ2v) is 8.06. The summed E-state index contributed by atoms with van der Waals surface area (Å²) in [5.74, 6) is 0.234. The van der Waals surface area contributed by atoms with E-state index in [1.165, 1.54) is 12.1 Å². The minimum Gasteiger partial charge on any atom is -0.377 e. The number of nitrogens with two attached hydrogens (primary N) is 1. The number of halogens is 2. The predicted octanol–water partition coefficient (Wildman–Crippen LogP) is 4.83. The van der Waals surface area contributed by atoms with Crippen LogP contribution in [-0.2, 0) is 11.3 Å². The Labute approximate surface area is 196 Å². The van der Waals surface area contributed by atoms with Gasteiger partial charge >= 0.3 is 0 Å². The molecule has 3 aromatic rings. The number of ether oxygens (including phenoxy) is 1. The van der Waals surface area contributed by atoms with Crippen molar-refractivity contribution in [1.82, 2.24) is 15.3 Å². The smallest absolute Gasteiger partial charge is 0.270 e. The summed E-state index contributed by atoms with van der Waals surface area (Å²) in [5.41, 5.74) is 10.2. The quantitative estimate of drug-likeness (QED) is 0.523. The number of nitrogens with zero attached hydrogens (tertiary/aromatic N) is 2. The normalized spacial score (nSPS) is 14.6. The van der Waals surface area contributed by atoms with Gasteiger partial charge in [0.05, 0.1) is 19.3 Å². The van der Waals surface area contributed by atoms with Crippen LogP contribution in [0.2, 0.25) is 0 Å². The molecule has 0 aliphatic carbocycles. The first-order chi connectivity index (χ1) is 16.5. The minimum absolute atomic E-state index is 0.0438. The highest BCUT2D eigenvalue weighted by Gasteiger charge is 2.17. The van der Waals surface area contributed by atoms with Crippen molar-refractivity contribution in [3.8, 4) is 11.1 Å². The highest BCUT2D eigenvalue weighted by molar-refractivity contribution is 5.92. The van der Waals surface area contributed by atoms with E-state index in [4.69, 9.17) is 10.5 Å². The van der Waals surface area contributed by atoms with Crippen molar-refractivity contribution in [1.29, 1.82) is 0 Å². The molecule has 0 saturated heterocycles. The van der Waals surface area contributed by atoms with Gasteiger partial charge in [0.25, 0.3) is 12.3 Å².